The Kier molecular flexibility index (Phi) is 7.93. The van der Waals surface area contributed by atoms with E-state index in [1.54, 1.807) is 42.8 Å². The molecule has 1 heterocycles. The maximum Gasteiger partial charge on any atom is 0.488 e. The zero-order chi connectivity index (χ0) is 25.8. The molecular weight excluding hydrogens is 471 g/mol. The van der Waals surface area contributed by atoms with Gasteiger partial charge in [0.1, 0.15) is 23.5 Å². The van der Waals surface area contributed by atoms with Crippen molar-refractivity contribution in [2.45, 2.75) is 37.0 Å². The average Bonchev–Trinajstić information content (AvgIpc) is 3.01. The van der Waals surface area contributed by atoms with Crippen molar-refractivity contribution in [1.82, 2.24) is 0 Å². The number of nitrogens with one attached hydrogen (secondary N) is 2. The van der Waals surface area contributed by atoms with Crippen molar-refractivity contribution < 1.29 is 14.8 Å². The lowest BCUT2D eigenvalue weighted by molar-refractivity contribution is 0.415. The van der Waals surface area contributed by atoms with E-state index in [4.69, 9.17) is 20.5 Å². The van der Waals surface area contributed by atoms with Crippen molar-refractivity contribution in [3.8, 4) is 5.75 Å². The monoisotopic (exact) mass is 500 g/mol. The third-order valence-electron chi connectivity index (χ3n) is 6.12. The van der Waals surface area contributed by atoms with Crippen molar-refractivity contribution in [1.29, 1.82) is 10.8 Å². The van der Waals surface area contributed by atoms with Crippen LogP contribution >= 0.6 is 11.8 Å². The van der Waals surface area contributed by atoms with Gasteiger partial charge in [-0.05, 0) is 54.7 Å². The van der Waals surface area contributed by atoms with Gasteiger partial charge in [0, 0.05) is 21.8 Å². The zero-order valence-electron chi connectivity index (χ0n) is 20.5. The van der Waals surface area contributed by atoms with Gasteiger partial charge in [-0.1, -0.05) is 43.3 Å². The van der Waals surface area contributed by atoms with E-state index in [2.05, 4.69) is 0 Å². The summed E-state index contributed by atoms with van der Waals surface area (Å²) in [6, 6.07) is 20.6. The first-order valence-corrected chi connectivity index (χ1v) is 12.7. The van der Waals surface area contributed by atoms with E-state index >= 15 is 0 Å². The largest absolute Gasteiger partial charge is 0.497 e. The summed E-state index contributed by atoms with van der Waals surface area (Å²) in [5.41, 5.74) is 4.61. The number of methoxy groups -OCH3 is 1. The van der Waals surface area contributed by atoms with E-state index in [0.29, 0.717) is 23.4 Å². The van der Waals surface area contributed by atoms with E-state index in [1.165, 1.54) is 0 Å². The molecule has 4 N–H and O–H groups in total. The Morgan fingerprint density at radius 3 is 2.47 bits per heavy atom. The lowest BCUT2D eigenvalue weighted by Gasteiger charge is -2.26. The summed E-state index contributed by atoms with van der Waals surface area (Å²) < 4.78 is 5.48. The minimum absolute atomic E-state index is 0.265. The maximum atomic E-state index is 9.63. The highest BCUT2D eigenvalue weighted by Crippen LogP contribution is 2.33. The fourth-order valence-electron chi connectivity index (χ4n) is 4.26. The Bertz CT molecular complexity index is 1310. The molecule has 7 nitrogen and oxygen atoms in total. The molecule has 1 aliphatic rings. The van der Waals surface area contributed by atoms with Gasteiger partial charge in [0.25, 0.3) is 0 Å². The number of benzodiazepines with no additional fused rings is 1. The number of amidine groups is 2. The molecule has 0 unspecified atom stereocenters. The molecule has 0 spiro atoms. The summed E-state index contributed by atoms with van der Waals surface area (Å²) in [6.45, 7) is 3.68. The normalized spacial score (nSPS) is 15.1. The zero-order valence-corrected chi connectivity index (χ0v) is 21.3. The molecule has 3 aromatic carbocycles. The van der Waals surface area contributed by atoms with Crippen LogP contribution in [0.4, 0.5) is 5.69 Å². The molecule has 1 atom stereocenters. The van der Waals surface area contributed by atoms with Crippen LogP contribution in [0, 0.1) is 10.8 Å². The number of hydrogen-bond acceptors (Lipinski definition) is 7. The third kappa shape index (κ3) is 5.23. The number of rotatable bonds is 7. The van der Waals surface area contributed by atoms with Gasteiger partial charge in [0.05, 0.1) is 18.5 Å². The average molecular weight is 500 g/mol. The molecule has 0 bridgehead atoms. The van der Waals surface area contributed by atoms with Crippen LogP contribution in [-0.2, 0) is 5.75 Å². The number of thioether (sulfide) groups is 1. The van der Waals surface area contributed by atoms with Gasteiger partial charge in [0.15, 0.2) is 0 Å². The van der Waals surface area contributed by atoms with Gasteiger partial charge in [0.2, 0.25) is 0 Å². The van der Waals surface area contributed by atoms with Crippen LogP contribution in [0.25, 0.3) is 0 Å². The second kappa shape index (κ2) is 11.1. The summed E-state index contributed by atoms with van der Waals surface area (Å²) in [7, 11) is 0.120. The molecule has 0 saturated carbocycles. The van der Waals surface area contributed by atoms with Gasteiger partial charge in [-0.15, -0.1) is 11.8 Å². The summed E-state index contributed by atoms with van der Waals surface area (Å²) >= 11 is 1.61. The van der Waals surface area contributed by atoms with Gasteiger partial charge in [-0.2, -0.15) is 0 Å². The van der Waals surface area contributed by atoms with Crippen LogP contribution in [0.2, 0.25) is 0 Å². The van der Waals surface area contributed by atoms with E-state index in [-0.39, 0.29) is 17.7 Å². The number of benzene rings is 3. The molecule has 0 aromatic heterocycles. The fourth-order valence-corrected chi connectivity index (χ4v) is 5.17. The first-order valence-electron chi connectivity index (χ1n) is 11.7. The molecule has 1 aliphatic heterocycles. The van der Waals surface area contributed by atoms with Crippen LogP contribution in [0.15, 0.2) is 76.6 Å². The highest BCUT2D eigenvalue weighted by atomic mass is 32.2. The van der Waals surface area contributed by atoms with E-state index in [0.717, 1.165) is 33.0 Å². The molecule has 0 aliphatic carbocycles. The van der Waals surface area contributed by atoms with Crippen LogP contribution in [0.3, 0.4) is 0 Å². The molecule has 0 amide bonds. The first-order chi connectivity index (χ1) is 17.3. The third-order valence-corrected chi connectivity index (χ3v) is 7.18. The van der Waals surface area contributed by atoms with E-state index in [9.17, 15) is 10.0 Å². The quantitative estimate of drug-likeness (QED) is 0.169. The summed E-state index contributed by atoms with van der Waals surface area (Å²) in [5, 5.41) is 36.4. The smallest absolute Gasteiger partial charge is 0.488 e. The van der Waals surface area contributed by atoms with Gasteiger partial charge < -0.3 is 14.8 Å². The summed E-state index contributed by atoms with van der Waals surface area (Å²) in [4.78, 5) is 7.67. The second-order valence-corrected chi connectivity index (χ2v) is 9.53. The van der Waals surface area contributed by atoms with Crippen molar-refractivity contribution in [2.24, 2.45) is 4.99 Å². The highest BCUT2D eigenvalue weighted by molar-refractivity contribution is 7.98. The molecule has 9 heteroatoms. The highest BCUT2D eigenvalue weighted by Gasteiger charge is 2.30. The molecule has 0 radical (unpaired) electrons. The fraction of sp³-hybridized carbons (Fsp3) is 0.222. The Hall–Kier alpha value is -3.40. The number of nitrogens with zero attached hydrogens (tertiary/aromatic N) is 2. The second-order valence-electron chi connectivity index (χ2n) is 8.48. The van der Waals surface area contributed by atoms with E-state index in [1.807, 2.05) is 61.5 Å². The minimum Gasteiger partial charge on any atom is -0.497 e. The van der Waals surface area contributed by atoms with Gasteiger partial charge in [-0.25, -0.2) is 0 Å². The lowest BCUT2D eigenvalue weighted by Crippen LogP contribution is -2.40. The van der Waals surface area contributed by atoms with Crippen LogP contribution < -0.4 is 15.1 Å². The van der Waals surface area contributed by atoms with Crippen LogP contribution in [-0.4, -0.2) is 47.7 Å². The van der Waals surface area contributed by atoms with Crippen LogP contribution in [0.5, 0.6) is 5.75 Å². The Morgan fingerprint density at radius 2 is 1.83 bits per heavy atom. The standard InChI is InChI=1S/C27H29BN4O3S/c1-4-24-27(30)32(17(2)29)25-14-11-20(35-3)15-22(25)26(31-24)18-9-12-21(13-10-18)36-16-19-7-5-6-8-23(19)28(33)34/h5-15,24,29-30,33-34H,4,16H2,1-3H3/t24-/m0/s1. The maximum absolute atomic E-state index is 9.63. The lowest BCUT2D eigenvalue weighted by atomic mass is 9.77. The number of fused-ring (bicyclic) bond motifs is 1. The summed E-state index contributed by atoms with van der Waals surface area (Å²) in [6.07, 6.45) is 0.640. The predicted octanol–water partition coefficient (Wildman–Crippen LogP) is 4.08. The van der Waals surface area contributed by atoms with E-state index < -0.39 is 7.12 Å². The van der Waals surface area contributed by atoms with Gasteiger partial charge >= 0.3 is 7.12 Å². The molecule has 4 rings (SSSR count). The van der Waals surface area contributed by atoms with Gasteiger partial charge in [-0.3, -0.25) is 20.7 Å². The Labute approximate surface area is 216 Å². The Balaban J connectivity index is 1.69. The topological polar surface area (TPSA) is 113 Å². The van der Waals surface area contributed by atoms with Crippen molar-refractivity contribution >= 4 is 47.4 Å². The number of hydrogen-bond donors (Lipinski definition) is 4. The molecular formula is C27H29BN4O3S. The van der Waals surface area contributed by atoms with Crippen molar-refractivity contribution in [3.05, 3.63) is 83.4 Å². The number of anilines is 1. The molecule has 3 aromatic rings. The molecule has 184 valence electrons. The molecule has 0 saturated heterocycles. The molecule has 0 fully saturated rings. The van der Waals surface area contributed by atoms with Crippen molar-refractivity contribution in [3.63, 3.8) is 0 Å². The minimum atomic E-state index is -1.50. The SMILES string of the molecule is CC[C@@H]1N=C(c2ccc(SCc3ccccc3B(O)O)cc2)c2cc(OC)ccc2N(C(C)=N)C1=N. The Morgan fingerprint density at radius 1 is 1.11 bits per heavy atom. The first kappa shape index (κ1) is 25.7. The predicted molar refractivity (Wildman–Crippen MR) is 149 cm³/mol. The summed E-state index contributed by atoms with van der Waals surface area (Å²) in [5.74, 6) is 1.84. The van der Waals surface area contributed by atoms with Crippen LogP contribution in [0.1, 0.15) is 37.0 Å². The molecule has 36 heavy (non-hydrogen) atoms. The number of ether oxygens (including phenoxy) is 1. The number of aliphatic imine (C=N–C) groups is 1. The van der Waals surface area contributed by atoms with Crippen molar-refractivity contribution in [2.75, 3.05) is 12.0 Å².